The Kier molecular flexibility index (Phi) is 3.43. The molecule has 6 heteroatoms. The highest BCUT2D eigenvalue weighted by Crippen LogP contribution is 2.28. The van der Waals surface area contributed by atoms with Crippen LogP contribution >= 0.6 is 0 Å². The lowest BCUT2D eigenvalue weighted by molar-refractivity contribution is 0.0734. The number of carbonyl (C=O) groups is 1. The Morgan fingerprint density at radius 1 is 1.04 bits per heavy atom. The molecule has 0 fully saturated rings. The molecule has 2 aromatic carbocycles. The summed E-state index contributed by atoms with van der Waals surface area (Å²) in [6.07, 6.45) is 2.97. The summed E-state index contributed by atoms with van der Waals surface area (Å²) in [7, 11) is 0. The van der Waals surface area contributed by atoms with Crippen molar-refractivity contribution in [3.8, 4) is 11.5 Å². The summed E-state index contributed by atoms with van der Waals surface area (Å²) >= 11 is 0. The Morgan fingerprint density at radius 2 is 1.88 bits per heavy atom. The van der Waals surface area contributed by atoms with Crippen LogP contribution in [-0.4, -0.2) is 16.1 Å². The first-order valence-corrected chi connectivity index (χ1v) is 7.43. The molecule has 0 amide bonds. The van der Waals surface area contributed by atoms with Gasteiger partial charge in [0.2, 0.25) is 0 Å². The third-order valence-corrected chi connectivity index (χ3v) is 3.78. The van der Waals surface area contributed by atoms with Gasteiger partial charge >= 0.3 is 11.6 Å². The predicted molar refractivity (Wildman–Crippen MR) is 90.9 cm³/mol. The normalized spacial score (nSPS) is 10.9. The van der Waals surface area contributed by atoms with Gasteiger partial charge in [-0.3, -0.25) is 4.98 Å². The zero-order valence-corrected chi connectivity index (χ0v) is 12.8. The van der Waals surface area contributed by atoms with E-state index in [1.54, 1.807) is 36.5 Å². The number of fused-ring (bicyclic) bond motifs is 3. The highest BCUT2D eigenvalue weighted by atomic mass is 16.5. The number of hydrogen-bond donors (Lipinski definition) is 1. The molecule has 4 aromatic rings. The molecular formula is C19H11NO5. The highest BCUT2D eigenvalue weighted by molar-refractivity contribution is 6.05. The Bertz CT molecular complexity index is 1160. The topological polar surface area (TPSA) is 89.6 Å². The number of rotatable bonds is 2. The average molecular weight is 333 g/mol. The maximum absolute atomic E-state index is 12.1. The molecule has 122 valence electrons. The van der Waals surface area contributed by atoms with Gasteiger partial charge in [0.1, 0.15) is 17.1 Å². The van der Waals surface area contributed by atoms with Crippen molar-refractivity contribution in [2.24, 2.45) is 0 Å². The molecular weight excluding hydrogens is 322 g/mol. The number of phenols is 1. The molecule has 6 nitrogen and oxygen atoms in total. The molecule has 2 aromatic heterocycles. The third-order valence-electron chi connectivity index (χ3n) is 3.78. The third kappa shape index (κ3) is 2.70. The van der Waals surface area contributed by atoms with Gasteiger partial charge in [0.25, 0.3) is 0 Å². The lowest BCUT2D eigenvalue weighted by atomic mass is 10.1. The maximum Gasteiger partial charge on any atom is 0.345 e. The number of esters is 1. The number of pyridine rings is 1. The molecule has 25 heavy (non-hydrogen) atoms. The summed E-state index contributed by atoms with van der Waals surface area (Å²) in [4.78, 5) is 28.1. The first-order chi connectivity index (χ1) is 12.1. The van der Waals surface area contributed by atoms with Crippen LogP contribution in [0.3, 0.4) is 0 Å². The Hall–Kier alpha value is -3.67. The van der Waals surface area contributed by atoms with Crippen LogP contribution in [0.4, 0.5) is 0 Å². The van der Waals surface area contributed by atoms with Crippen LogP contribution < -0.4 is 10.4 Å². The van der Waals surface area contributed by atoms with E-state index in [1.807, 2.05) is 0 Å². The molecule has 0 atom stereocenters. The number of benzene rings is 2. The Balaban J connectivity index is 1.78. The molecule has 4 rings (SSSR count). The first-order valence-electron chi connectivity index (χ1n) is 7.43. The number of hydrogen-bond acceptors (Lipinski definition) is 6. The molecule has 0 bridgehead atoms. The van der Waals surface area contributed by atoms with Crippen molar-refractivity contribution in [1.82, 2.24) is 4.98 Å². The van der Waals surface area contributed by atoms with Crippen LogP contribution in [-0.2, 0) is 0 Å². The lowest BCUT2D eigenvalue weighted by Crippen LogP contribution is -2.08. The van der Waals surface area contributed by atoms with Gasteiger partial charge in [0.15, 0.2) is 0 Å². The summed E-state index contributed by atoms with van der Waals surface area (Å²) in [5.74, 6) is -0.315. The fourth-order valence-corrected chi connectivity index (χ4v) is 2.61. The van der Waals surface area contributed by atoms with Crippen LogP contribution in [0.25, 0.3) is 21.7 Å². The van der Waals surface area contributed by atoms with E-state index < -0.39 is 11.6 Å². The van der Waals surface area contributed by atoms with E-state index in [0.717, 1.165) is 0 Å². The van der Waals surface area contributed by atoms with Crippen molar-refractivity contribution in [3.63, 3.8) is 0 Å². The largest absolute Gasteiger partial charge is 0.508 e. The molecule has 0 aliphatic carbocycles. The molecule has 0 radical (unpaired) electrons. The van der Waals surface area contributed by atoms with E-state index in [9.17, 15) is 14.7 Å². The van der Waals surface area contributed by atoms with Gasteiger partial charge in [-0.1, -0.05) is 0 Å². The summed E-state index contributed by atoms with van der Waals surface area (Å²) in [6, 6.07) is 12.5. The number of carbonyl (C=O) groups excluding carboxylic acids is 1. The van der Waals surface area contributed by atoms with Crippen molar-refractivity contribution in [2.45, 2.75) is 0 Å². The molecule has 0 spiro atoms. The summed E-state index contributed by atoms with van der Waals surface area (Å²) < 4.78 is 10.6. The number of aromatic nitrogens is 1. The SMILES string of the molecule is O=C(Oc1ccc2c(c1)oc(=O)c1cc(O)ccc12)c1cccnc1. The van der Waals surface area contributed by atoms with Crippen molar-refractivity contribution >= 4 is 27.7 Å². The van der Waals surface area contributed by atoms with Crippen molar-refractivity contribution in [1.29, 1.82) is 0 Å². The molecule has 0 aliphatic rings. The lowest BCUT2D eigenvalue weighted by Gasteiger charge is -2.07. The Morgan fingerprint density at radius 3 is 2.68 bits per heavy atom. The number of aromatic hydroxyl groups is 1. The predicted octanol–water partition coefficient (Wildman–Crippen LogP) is 3.27. The number of ether oxygens (including phenoxy) is 1. The molecule has 0 saturated heterocycles. The van der Waals surface area contributed by atoms with Gasteiger partial charge in [-0.15, -0.1) is 0 Å². The van der Waals surface area contributed by atoms with E-state index in [4.69, 9.17) is 9.15 Å². The molecule has 2 heterocycles. The van der Waals surface area contributed by atoms with Crippen LogP contribution in [0, 0.1) is 0 Å². The van der Waals surface area contributed by atoms with Gasteiger partial charge in [-0.05, 0) is 42.5 Å². The second-order valence-corrected chi connectivity index (χ2v) is 5.41. The Labute approximate surface area is 140 Å². The zero-order valence-electron chi connectivity index (χ0n) is 12.8. The minimum atomic E-state index is -0.575. The fourth-order valence-electron chi connectivity index (χ4n) is 2.61. The molecule has 1 N–H and O–H groups in total. The van der Waals surface area contributed by atoms with Crippen LogP contribution in [0.2, 0.25) is 0 Å². The zero-order chi connectivity index (χ0) is 17.4. The van der Waals surface area contributed by atoms with E-state index in [0.29, 0.717) is 21.9 Å². The average Bonchev–Trinajstić information content (AvgIpc) is 2.62. The van der Waals surface area contributed by atoms with Crippen molar-refractivity contribution in [3.05, 3.63) is 76.9 Å². The summed E-state index contributed by atoms with van der Waals surface area (Å²) in [5.41, 5.74) is 0.0341. The second-order valence-electron chi connectivity index (χ2n) is 5.41. The van der Waals surface area contributed by atoms with Gasteiger partial charge in [-0.2, -0.15) is 0 Å². The standard InChI is InChI=1S/C19H11NO5/c21-12-3-5-14-15-6-4-13(9-17(15)25-19(23)16(14)8-12)24-18(22)11-2-1-7-20-10-11/h1-10,21H. The minimum Gasteiger partial charge on any atom is -0.508 e. The fraction of sp³-hybridized carbons (Fsp3) is 0. The van der Waals surface area contributed by atoms with Gasteiger partial charge in [0, 0.05) is 29.2 Å². The summed E-state index contributed by atoms with van der Waals surface area (Å²) in [5, 5.41) is 11.1. The highest BCUT2D eigenvalue weighted by Gasteiger charge is 2.12. The molecule has 0 saturated carbocycles. The molecule has 0 unspecified atom stereocenters. The van der Waals surface area contributed by atoms with Gasteiger partial charge < -0.3 is 14.3 Å². The summed E-state index contributed by atoms with van der Waals surface area (Å²) in [6.45, 7) is 0. The smallest absolute Gasteiger partial charge is 0.345 e. The second kappa shape index (κ2) is 5.76. The first kappa shape index (κ1) is 14.9. The minimum absolute atomic E-state index is 0.0128. The number of phenolic OH excluding ortho intramolecular Hbond substituents is 1. The van der Waals surface area contributed by atoms with Crippen LogP contribution in [0.5, 0.6) is 11.5 Å². The quantitative estimate of drug-likeness (QED) is 0.262. The van der Waals surface area contributed by atoms with Crippen LogP contribution in [0.1, 0.15) is 10.4 Å². The van der Waals surface area contributed by atoms with E-state index in [-0.39, 0.29) is 16.9 Å². The number of nitrogens with zero attached hydrogens (tertiary/aromatic N) is 1. The van der Waals surface area contributed by atoms with Gasteiger partial charge in [-0.25, -0.2) is 9.59 Å². The van der Waals surface area contributed by atoms with E-state index in [1.165, 1.54) is 24.4 Å². The van der Waals surface area contributed by atoms with Crippen LogP contribution in [0.15, 0.2) is 70.1 Å². The van der Waals surface area contributed by atoms with Crippen molar-refractivity contribution in [2.75, 3.05) is 0 Å². The maximum atomic E-state index is 12.1. The molecule has 0 aliphatic heterocycles. The van der Waals surface area contributed by atoms with Crippen molar-refractivity contribution < 1.29 is 19.1 Å². The van der Waals surface area contributed by atoms with E-state index >= 15 is 0 Å². The van der Waals surface area contributed by atoms with Gasteiger partial charge in [0.05, 0.1) is 10.9 Å². The van der Waals surface area contributed by atoms with E-state index in [2.05, 4.69) is 4.98 Å². The monoisotopic (exact) mass is 333 g/mol.